The fourth-order valence-corrected chi connectivity index (χ4v) is 3.62. The molecule has 6 nitrogen and oxygen atoms in total. The second-order valence-electron chi connectivity index (χ2n) is 7.49. The molecule has 0 saturated heterocycles. The largest absolute Gasteiger partial charge is 0.503 e. The van der Waals surface area contributed by atoms with E-state index in [9.17, 15) is 19.5 Å². The zero-order valence-corrected chi connectivity index (χ0v) is 17.5. The lowest BCUT2D eigenvalue weighted by molar-refractivity contribution is -0.119. The number of nitrogens with zero attached hydrogens (tertiary/aromatic N) is 1. The van der Waals surface area contributed by atoms with Gasteiger partial charge in [0.1, 0.15) is 0 Å². The van der Waals surface area contributed by atoms with Crippen LogP contribution >= 0.6 is 0 Å². The van der Waals surface area contributed by atoms with Gasteiger partial charge in [0, 0.05) is 11.6 Å². The van der Waals surface area contributed by atoms with Gasteiger partial charge in [-0.3, -0.25) is 14.5 Å². The maximum atomic E-state index is 13.1. The number of aliphatic hydroxyl groups excluding tert-OH is 1. The van der Waals surface area contributed by atoms with Crippen LogP contribution in [0.1, 0.15) is 48.3 Å². The number of Topliss-reactive ketones (excluding diaryl/α,β-unsaturated/α-hetero) is 1. The summed E-state index contributed by atoms with van der Waals surface area (Å²) < 4.78 is 5.06. The second kappa shape index (κ2) is 8.53. The number of hydrogen-bond donors (Lipinski definition) is 1. The van der Waals surface area contributed by atoms with Crippen LogP contribution in [0.5, 0.6) is 0 Å². The molecule has 3 rings (SSSR count). The number of carbonyl (C=O) groups excluding carboxylic acids is 3. The molecule has 6 heteroatoms. The van der Waals surface area contributed by atoms with E-state index in [-0.39, 0.29) is 23.5 Å². The van der Waals surface area contributed by atoms with Crippen molar-refractivity contribution in [2.75, 3.05) is 11.5 Å². The summed E-state index contributed by atoms with van der Waals surface area (Å²) in [6.45, 7) is 7.29. The number of aryl methyl sites for hydroxylation is 1. The van der Waals surface area contributed by atoms with Crippen LogP contribution in [0.3, 0.4) is 0 Å². The Bertz CT molecular complexity index is 1040. The van der Waals surface area contributed by atoms with Crippen LogP contribution in [-0.4, -0.2) is 29.4 Å². The molecule has 1 heterocycles. The van der Waals surface area contributed by atoms with Gasteiger partial charge in [0.25, 0.3) is 5.91 Å². The Balaban J connectivity index is 2.18. The van der Waals surface area contributed by atoms with Crippen molar-refractivity contribution in [3.05, 3.63) is 76.6 Å². The van der Waals surface area contributed by atoms with Gasteiger partial charge in [-0.05, 0) is 43.2 Å². The topological polar surface area (TPSA) is 83.9 Å². The van der Waals surface area contributed by atoms with Crippen molar-refractivity contribution in [3.63, 3.8) is 0 Å². The summed E-state index contributed by atoms with van der Waals surface area (Å²) in [4.78, 5) is 39.6. The summed E-state index contributed by atoms with van der Waals surface area (Å²) in [7, 11) is 0. The van der Waals surface area contributed by atoms with Gasteiger partial charge in [0.15, 0.2) is 11.5 Å². The van der Waals surface area contributed by atoms with E-state index >= 15 is 0 Å². The van der Waals surface area contributed by atoms with Gasteiger partial charge in [-0.25, -0.2) is 4.79 Å². The number of benzene rings is 2. The molecule has 1 aliphatic rings. The molecular formula is C24H25NO5. The molecule has 0 aliphatic carbocycles. The van der Waals surface area contributed by atoms with E-state index in [1.165, 1.54) is 11.0 Å². The average molecular weight is 407 g/mol. The number of esters is 1. The molecule has 156 valence electrons. The maximum Gasteiger partial charge on any atom is 0.338 e. The van der Waals surface area contributed by atoms with Crippen molar-refractivity contribution >= 4 is 23.3 Å². The highest BCUT2D eigenvalue weighted by Gasteiger charge is 2.45. The van der Waals surface area contributed by atoms with Gasteiger partial charge in [0.05, 0.1) is 23.8 Å². The fourth-order valence-electron chi connectivity index (χ4n) is 3.62. The Hall–Kier alpha value is -3.41. The summed E-state index contributed by atoms with van der Waals surface area (Å²) in [6.07, 6.45) is 0. The SMILES string of the molecule is CCOC(=O)c1cccc(N2C(=O)C(O)=C(C(=O)C(C)C)C2c2ccccc2C)c1. The van der Waals surface area contributed by atoms with Crippen molar-refractivity contribution < 1.29 is 24.2 Å². The van der Waals surface area contributed by atoms with Crippen LogP contribution in [0.25, 0.3) is 0 Å². The van der Waals surface area contributed by atoms with Crippen molar-refractivity contribution in [2.24, 2.45) is 5.92 Å². The third-order valence-electron chi connectivity index (χ3n) is 5.12. The molecule has 0 bridgehead atoms. The molecule has 0 radical (unpaired) electrons. The minimum Gasteiger partial charge on any atom is -0.503 e. The second-order valence-corrected chi connectivity index (χ2v) is 7.49. The number of hydrogen-bond acceptors (Lipinski definition) is 5. The first kappa shape index (κ1) is 21.3. The van der Waals surface area contributed by atoms with Gasteiger partial charge < -0.3 is 9.84 Å². The van der Waals surface area contributed by atoms with Crippen molar-refractivity contribution in [3.8, 4) is 0 Å². The van der Waals surface area contributed by atoms with E-state index < -0.39 is 29.6 Å². The predicted octanol–water partition coefficient (Wildman–Crippen LogP) is 4.30. The van der Waals surface area contributed by atoms with E-state index in [4.69, 9.17) is 4.74 Å². The average Bonchev–Trinajstić information content (AvgIpc) is 2.98. The molecule has 2 aromatic rings. The van der Waals surface area contributed by atoms with Crippen LogP contribution in [-0.2, 0) is 14.3 Å². The van der Waals surface area contributed by atoms with Crippen molar-refractivity contribution in [1.29, 1.82) is 0 Å². The van der Waals surface area contributed by atoms with Crippen molar-refractivity contribution in [2.45, 2.75) is 33.7 Å². The van der Waals surface area contributed by atoms with Gasteiger partial charge >= 0.3 is 5.97 Å². The minimum absolute atomic E-state index is 0.0748. The molecule has 1 atom stereocenters. The molecule has 1 N–H and O–H groups in total. The first-order valence-electron chi connectivity index (χ1n) is 9.91. The van der Waals surface area contributed by atoms with Crippen LogP contribution in [0.2, 0.25) is 0 Å². The van der Waals surface area contributed by atoms with Gasteiger partial charge in [-0.2, -0.15) is 0 Å². The number of aliphatic hydroxyl groups is 1. The van der Waals surface area contributed by atoms with Crippen LogP contribution in [0, 0.1) is 12.8 Å². The Morgan fingerprint density at radius 1 is 1.13 bits per heavy atom. The smallest absolute Gasteiger partial charge is 0.338 e. The number of carbonyl (C=O) groups is 3. The molecular weight excluding hydrogens is 382 g/mol. The van der Waals surface area contributed by atoms with E-state index in [1.54, 1.807) is 39.0 Å². The number of ketones is 1. The molecule has 0 fully saturated rings. The van der Waals surface area contributed by atoms with Gasteiger partial charge in [0.2, 0.25) is 0 Å². The standard InChI is InChI=1S/C24H25NO5/c1-5-30-24(29)16-10-8-11-17(13-16)25-20(18-12-7-6-9-15(18)4)19(21(26)14(2)3)22(27)23(25)28/h6-14,20,27H,5H2,1-4H3. The predicted molar refractivity (Wildman–Crippen MR) is 113 cm³/mol. The van der Waals surface area contributed by atoms with E-state index in [0.717, 1.165) is 11.1 Å². The summed E-state index contributed by atoms with van der Waals surface area (Å²) in [6, 6.07) is 13.1. The van der Waals surface area contributed by atoms with Crippen molar-refractivity contribution in [1.82, 2.24) is 0 Å². The molecule has 0 aromatic heterocycles. The van der Waals surface area contributed by atoms with Crippen LogP contribution < -0.4 is 4.90 Å². The zero-order valence-electron chi connectivity index (χ0n) is 17.5. The number of anilines is 1. The summed E-state index contributed by atoms with van der Waals surface area (Å²) >= 11 is 0. The number of amides is 1. The maximum absolute atomic E-state index is 13.1. The molecule has 2 aromatic carbocycles. The summed E-state index contributed by atoms with van der Waals surface area (Å²) in [5.74, 6) is -2.42. The molecule has 1 aliphatic heterocycles. The third-order valence-corrected chi connectivity index (χ3v) is 5.12. The molecule has 0 spiro atoms. The Kier molecular flexibility index (Phi) is 6.06. The Morgan fingerprint density at radius 2 is 1.83 bits per heavy atom. The first-order chi connectivity index (χ1) is 14.3. The molecule has 1 amide bonds. The monoisotopic (exact) mass is 407 g/mol. The summed E-state index contributed by atoms with van der Waals surface area (Å²) in [5.41, 5.74) is 2.38. The Morgan fingerprint density at radius 3 is 2.47 bits per heavy atom. The van der Waals surface area contributed by atoms with E-state index in [2.05, 4.69) is 0 Å². The molecule has 1 unspecified atom stereocenters. The highest BCUT2D eigenvalue weighted by molar-refractivity contribution is 6.17. The minimum atomic E-state index is -0.786. The lowest BCUT2D eigenvalue weighted by Gasteiger charge is -2.28. The first-order valence-corrected chi connectivity index (χ1v) is 9.91. The lowest BCUT2D eigenvalue weighted by Crippen LogP contribution is -2.32. The molecule has 30 heavy (non-hydrogen) atoms. The lowest BCUT2D eigenvalue weighted by atomic mass is 9.89. The number of ether oxygens (including phenoxy) is 1. The van der Waals surface area contributed by atoms with Gasteiger partial charge in [-0.1, -0.05) is 44.2 Å². The van der Waals surface area contributed by atoms with Gasteiger partial charge in [-0.15, -0.1) is 0 Å². The van der Waals surface area contributed by atoms with Crippen LogP contribution in [0.15, 0.2) is 59.9 Å². The third kappa shape index (κ3) is 3.73. The van der Waals surface area contributed by atoms with E-state index in [1.807, 2.05) is 31.2 Å². The fraction of sp³-hybridized carbons (Fsp3) is 0.292. The summed E-state index contributed by atoms with van der Waals surface area (Å²) in [5, 5.41) is 10.7. The number of rotatable bonds is 6. The highest BCUT2D eigenvalue weighted by Crippen LogP contribution is 2.42. The Labute approximate surface area is 175 Å². The van der Waals surface area contributed by atoms with Crippen LogP contribution in [0.4, 0.5) is 5.69 Å². The molecule has 0 saturated carbocycles. The normalized spacial score (nSPS) is 16.4. The highest BCUT2D eigenvalue weighted by atomic mass is 16.5. The quantitative estimate of drug-likeness (QED) is 0.722. The zero-order chi connectivity index (χ0) is 22.0. The van der Waals surface area contributed by atoms with E-state index in [0.29, 0.717) is 5.69 Å².